The zero-order valence-electron chi connectivity index (χ0n) is 11.1. The first-order valence-corrected chi connectivity index (χ1v) is 7.43. The highest BCUT2D eigenvalue weighted by molar-refractivity contribution is 6.29. The van der Waals surface area contributed by atoms with Crippen molar-refractivity contribution >= 4 is 17.5 Å². The average molecular weight is 279 g/mol. The number of rotatable bonds is 3. The SMILES string of the molecule is CC(NC(=O)c1ccnc(Cl)c1)C1CC2CCC1C2. The van der Waals surface area contributed by atoms with E-state index in [2.05, 4.69) is 17.2 Å². The summed E-state index contributed by atoms with van der Waals surface area (Å²) in [6.45, 7) is 2.13. The fraction of sp³-hybridized carbons (Fsp3) is 0.600. The molecular weight excluding hydrogens is 260 g/mol. The normalized spacial score (nSPS) is 30.3. The summed E-state index contributed by atoms with van der Waals surface area (Å²) in [5.41, 5.74) is 0.593. The molecule has 1 aromatic heterocycles. The lowest BCUT2D eigenvalue weighted by molar-refractivity contribution is 0.0915. The second-order valence-electron chi connectivity index (χ2n) is 5.97. The van der Waals surface area contributed by atoms with Crippen LogP contribution in [0.1, 0.15) is 43.0 Å². The minimum Gasteiger partial charge on any atom is -0.349 e. The average Bonchev–Trinajstić information content (AvgIpc) is 3.00. The number of pyridine rings is 1. The first kappa shape index (κ1) is 12.9. The van der Waals surface area contributed by atoms with E-state index in [1.807, 2.05) is 0 Å². The number of fused-ring (bicyclic) bond motifs is 2. The van der Waals surface area contributed by atoms with Crippen LogP contribution in [-0.4, -0.2) is 16.9 Å². The molecule has 4 heteroatoms. The van der Waals surface area contributed by atoms with Gasteiger partial charge in [-0.2, -0.15) is 0 Å². The van der Waals surface area contributed by atoms with Gasteiger partial charge in [-0.15, -0.1) is 0 Å². The Morgan fingerprint density at radius 2 is 2.32 bits per heavy atom. The second-order valence-corrected chi connectivity index (χ2v) is 6.36. The molecule has 2 bridgehead atoms. The van der Waals surface area contributed by atoms with Crippen molar-refractivity contribution in [1.29, 1.82) is 0 Å². The summed E-state index contributed by atoms with van der Waals surface area (Å²) in [6.07, 6.45) is 6.95. The highest BCUT2D eigenvalue weighted by atomic mass is 35.5. The molecule has 3 rings (SSSR count). The number of halogens is 1. The van der Waals surface area contributed by atoms with E-state index in [1.54, 1.807) is 18.3 Å². The van der Waals surface area contributed by atoms with E-state index >= 15 is 0 Å². The highest BCUT2D eigenvalue weighted by Gasteiger charge is 2.42. The molecule has 1 N–H and O–H groups in total. The molecule has 0 spiro atoms. The molecule has 0 radical (unpaired) electrons. The van der Waals surface area contributed by atoms with Crippen LogP contribution in [0, 0.1) is 17.8 Å². The van der Waals surface area contributed by atoms with Crippen LogP contribution in [-0.2, 0) is 0 Å². The van der Waals surface area contributed by atoms with Crippen LogP contribution in [0.2, 0.25) is 5.15 Å². The summed E-state index contributed by atoms with van der Waals surface area (Å²) in [7, 11) is 0. The van der Waals surface area contributed by atoms with Gasteiger partial charge in [0.15, 0.2) is 0 Å². The molecular formula is C15H19ClN2O. The number of amides is 1. The lowest BCUT2D eigenvalue weighted by Crippen LogP contribution is -2.40. The van der Waals surface area contributed by atoms with E-state index in [0.717, 1.165) is 11.8 Å². The lowest BCUT2D eigenvalue weighted by Gasteiger charge is -2.28. The molecule has 0 aromatic carbocycles. The van der Waals surface area contributed by atoms with Gasteiger partial charge < -0.3 is 5.32 Å². The van der Waals surface area contributed by atoms with Gasteiger partial charge in [-0.25, -0.2) is 4.98 Å². The Labute approximate surface area is 118 Å². The quantitative estimate of drug-likeness (QED) is 0.862. The zero-order valence-corrected chi connectivity index (χ0v) is 11.9. The molecule has 19 heavy (non-hydrogen) atoms. The minimum atomic E-state index is -0.0421. The van der Waals surface area contributed by atoms with Gasteiger partial charge in [0.2, 0.25) is 0 Å². The van der Waals surface area contributed by atoms with Crippen molar-refractivity contribution in [1.82, 2.24) is 10.3 Å². The van der Waals surface area contributed by atoms with Gasteiger partial charge in [-0.1, -0.05) is 18.0 Å². The Morgan fingerprint density at radius 1 is 1.47 bits per heavy atom. The van der Waals surface area contributed by atoms with E-state index in [1.165, 1.54) is 25.7 Å². The van der Waals surface area contributed by atoms with Gasteiger partial charge in [0.25, 0.3) is 5.91 Å². The van der Waals surface area contributed by atoms with Crippen LogP contribution in [0.5, 0.6) is 0 Å². The Balaban J connectivity index is 1.63. The summed E-state index contributed by atoms with van der Waals surface area (Å²) in [6, 6.07) is 3.56. The maximum Gasteiger partial charge on any atom is 0.251 e. The monoisotopic (exact) mass is 278 g/mol. The summed E-state index contributed by atoms with van der Waals surface area (Å²) in [4.78, 5) is 16.1. The van der Waals surface area contributed by atoms with E-state index in [-0.39, 0.29) is 11.9 Å². The molecule has 0 aliphatic heterocycles. The summed E-state index contributed by atoms with van der Waals surface area (Å²) < 4.78 is 0. The van der Waals surface area contributed by atoms with Crippen LogP contribution >= 0.6 is 11.6 Å². The Bertz CT molecular complexity index is 491. The van der Waals surface area contributed by atoms with Gasteiger partial charge in [0.1, 0.15) is 5.15 Å². The summed E-state index contributed by atoms with van der Waals surface area (Å²) >= 11 is 5.81. The molecule has 2 aliphatic carbocycles. The van der Waals surface area contributed by atoms with Gasteiger partial charge >= 0.3 is 0 Å². The number of carbonyl (C=O) groups is 1. The van der Waals surface area contributed by atoms with Crippen molar-refractivity contribution in [3.63, 3.8) is 0 Å². The molecule has 3 nitrogen and oxygen atoms in total. The first-order valence-electron chi connectivity index (χ1n) is 7.06. The number of hydrogen-bond acceptors (Lipinski definition) is 2. The predicted octanol–water partition coefficient (Wildman–Crippen LogP) is 3.29. The number of carbonyl (C=O) groups excluding carboxylic acids is 1. The van der Waals surface area contributed by atoms with Gasteiger partial charge in [-0.05, 0) is 56.1 Å². The largest absolute Gasteiger partial charge is 0.349 e. The first-order chi connectivity index (χ1) is 9.13. The van der Waals surface area contributed by atoms with Gasteiger partial charge in [0.05, 0.1) is 0 Å². The van der Waals surface area contributed by atoms with E-state index in [9.17, 15) is 4.79 Å². The van der Waals surface area contributed by atoms with Crippen molar-refractivity contribution in [2.24, 2.45) is 17.8 Å². The van der Waals surface area contributed by atoms with Gasteiger partial charge in [0, 0.05) is 17.8 Å². The third kappa shape index (κ3) is 2.62. The van der Waals surface area contributed by atoms with Crippen LogP contribution in [0.4, 0.5) is 0 Å². The zero-order chi connectivity index (χ0) is 13.4. The number of aromatic nitrogens is 1. The third-order valence-corrected chi connectivity index (χ3v) is 4.99. The Kier molecular flexibility index (Phi) is 3.48. The molecule has 2 aliphatic rings. The summed E-state index contributed by atoms with van der Waals surface area (Å²) in [5, 5.41) is 3.49. The van der Waals surface area contributed by atoms with Gasteiger partial charge in [-0.3, -0.25) is 4.79 Å². The smallest absolute Gasteiger partial charge is 0.251 e. The molecule has 2 saturated carbocycles. The lowest BCUT2D eigenvalue weighted by atomic mass is 9.84. The van der Waals surface area contributed by atoms with Crippen LogP contribution < -0.4 is 5.32 Å². The molecule has 102 valence electrons. The van der Waals surface area contributed by atoms with Crippen molar-refractivity contribution in [2.45, 2.75) is 38.6 Å². The molecule has 2 fully saturated rings. The maximum absolute atomic E-state index is 12.2. The highest BCUT2D eigenvalue weighted by Crippen LogP contribution is 2.49. The van der Waals surface area contributed by atoms with Crippen molar-refractivity contribution in [3.8, 4) is 0 Å². The number of hydrogen-bond donors (Lipinski definition) is 1. The third-order valence-electron chi connectivity index (χ3n) is 4.78. The molecule has 1 aromatic rings. The van der Waals surface area contributed by atoms with E-state index in [4.69, 9.17) is 11.6 Å². The van der Waals surface area contributed by atoms with Crippen LogP contribution in [0.3, 0.4) is 0 Å². The molecule has 1 heterocycles. The molecule has 4 atom stereocenters. The topological polar surface area (TPSA) is 42.0 Å². The standard InChI is InChI=1S/C15H19ClN2O/c1-9(13-7-10-2-3-11(13)6-10)18-15(19)12-4-5-17-14(16)8-12/h4-5,8-11,13H,2-3,6-7H2,1H3,(H,18,19). The van der Waals surface area contributed by atoms with Crippen molar-refractivity contribution in [3.05, 3.63) is 29.0 Å². The fourth-order valence-electron chi connectivity index (χ4n) is 3.85. The maximum atomic E-state index is 12.2. The number of nitrogens with zero attached hydrogens (tertiary/aromatic N) is 1. The van der Waals surface area contributed by atoms with Crippen molar-refractivity contribution < 1.29 is 4.79 Å². The number of nitrogens with one attached hydrogen (secondary N) is 1. The minimum absolute atomic E-state index is 0.0421. The van der Waals surface area contributed by atoms with Crippen LogP contribution in [0.25, 0.3) is 0 Å². The molecule has 4 unspecified atom stereocenters. The molecule has 1 amide bonds. The van der Waals surface area contributed by atoms with E-state index in [0.29, 0.717) is 16.6 Å². The van der Waals surface area contributed by atoms with Crippen molar-refractivity contribution in [2.75, 3.05) is 0 Å². The van der Waals surface area contributed by atoms with E-state index < -0.39 is 0 Å². The Morgan fingerprint density at radius 3 is 2.95 bits per heavy atom. The summed E-state index contributed by atoms with van der Waals surface area (Å²) in [5.74, 6) is 2.34. The molecule has 0 saturated heterocycles. The van der Waals surface area contributed by atoms with Crippen LogP contribution in [0.15, 0.2) is 18.3 Å². The predicted molar refractivity (Wildman–Crippen MR) is 75.1 cm³/mol. The second kappa shape index (κ2) is 5.12. The fourth-order valence-corrected chi connectivity index (χ4v) is 4.02. The Hall–Kier alpha value is -1.09.